The number of aliphatic carboxylic acids is 1. The zero-order chi connectivity index (χ0) is 12.3. The predicted molar refractivity (Wildman–Crippen MR) is 58.1 cm³/mol. The van der Waals surface area contributed by atoms with Crippen LogP contribution in [0.1, 0.15) is 26.7 Å². The van der Waals surface area contributed by atoms with Crippen LogP contribution in [0.15, 0.2) is 0 Å². The SMILES string of the molecule is CCC1CN(CC(C)(O)C(=O)O)CCC1=O. The first-order valence-electron chi connectivity index (χ1n) is 5.57. The lowest BCUT2D eigenvalue weighted by molar-refractivity contribution is -0.159. The molecule has 1 aliphatic heterocycles. The minimum atomic E-state index is -1.74. The second kappa shape index (κ2) is 4.93. The van der Waals surface area contributed by atoms with E-state index in [1.54, 1.807) is 0 Å². The first kappa shape index (κ1) is 13.1. The van der Waals surface area contributed by atoms with E-state index in [4.69, 9.17) is 5.11 Å². The Labute approximate surface area is 95.1 Å². The first-order chi connectivity index (χ1) is 7.36. The maximum absolute atomic E-state index is 11.5. The molecule has 1 saturated heterocycles. The van der Waals surface area contributed by atoms with E-state index in [1.165, 1.54) is 6.92 Å². The predicted octanol–water partition coefficient (Wildman–Crippen LogP) is 0.123. The maximum atomic E-state index is 11.5. The maximum Gasteiger partial charge on any atom is 0.336 e. The number of likely N-dealkylation sites (tertiary alicyclic amines) is 1. The molecule has 0 aromatic rings. The van der Waals surface area contributed by atoms with Crippen molar-refractivity contribution in [2.75, 3.05) is 19.6 Å². The van der Waals surface area contributed by atoms with E-state index >= 15 is 0 Å². The molecule has 5 heteroatoms. The Kier molecular flexibility index (Phi) is 4.04. The van der Waals surface area contributed by atoms with Crippen LogP contribution in [0, 0.1) is 5.92 Å². The zero-order valence-electron chi connectivity index (χ0n) is 9.77. The fraction of sp³-hybridized carbons (Fsp3) is 0.818. The van der Waals surface area contributed by atoms with Gasteiger partial charge in [-0.05, 0) is 13.3 Å². The number of β-amino-alcohol motifs (C(OH)–C–C–N with tert-alkyl or cyclic N) is 1. The Balaban J connectivity index is 2.57. The minimum Gasteiger partial charge on any atom is -0.479 e. The van der Waals surface area contributed by atoms with Gasteiger partial charge >= 0.3 is 5.97 Å². The van der Waals surface area contributed by atoms with Crippen LogP contribution in [0.3, 0.4) is 0 Å². The van der Waals surface area contributed by atoms with Crippen molar-refractivity contribution in [1.29, 1.82) is 0 Å². The van der Waals surface area contributed by atoms with Gasteiger partial charge in [-0.1, -0.05) is 6.92 Å². The van der Waals surface area contributed by atoms with Crippen molar-refractivity contribution < 1.29 is 19.8 Å². The van der Waals surface area contributed by atoms with Crippen molar-refractivity contribution >= 4 is 11.8 Å². The summed E-state index contributed by atoms with van der Waals surface area (Å²) in [5, 5.41) is 18.4. The van der Waals surface area contributed by atoms with Gasteiger partial charge in [0.2, 0.25) is 0 Å². The third-order valence-corrected chi connectivity index (χ3v) is 3.09. The van der Waals surface area contributed by atoms with Crippen LogP contribution in [0.25, 0.3) is 0 Å². The fourth-order valence-corrected chi connectivity index (χ4v) is 1.98. The van der Waals surface area contributed by atoms with E-state index in [1.807, 2.05) is 11.8 Å². The number of carboxylic acids is 1. The fourth-order valence-electron chi connectivity index (χ4n) is 1.98. The van der Waals surface area contributed by atoms with Gasteiger partial charge in [-0.2, -0.15) is 0 Å². The summed E-state index contributed by atoms with van der Waals surface area (Å²) in [5.41, 5.74) is -1.74. The van der Waals surface area contributed by atoms with Gasteiger partial charge in [-0.15, -0.1) is 0 Å². The molecule has 5 nitrogen and oxygen atoms in total. The van der Waals surface area contributed by atoms with Gasteiger partial charge in [0.1, 0.15) is 5.78 Å². The number of aliphatic hydroxyl groups is 1. The van der Waals surface area contributed by atoms with E-state index in [9.17, 15) is 14.7 Å². The summed E-state index contributed by atoms with van der Waals surface area (Å²) in [4.78, 5) is 24.1. The lowest BCUT2D eigenvalue weighted by Gasteiger charge is -2.34. The van der Waals surface area contributed by atoms with Crippen molar-refractivity contribution in [3.05, 3.63) is 0 Å². The van der Waals surface area contributed by atoms with Crippen LogP contribution >= 0.6 is 0 Å². The number of rotatable bonds is 4. The molecule has 0 aromatic carbocycles. The summed E-state index contributed by atoms with van der Waals surface area (Å²) in [6.07, 6.45) is 1.22. The highest BCUT2D eigenvalue weighted by molar-refractivity contribution is 5.82. The summed E-state index contributed by atoms with van der Waals surface area (Å²) in [6.45, 7) is 4.40. The average molecular weight is 229 g/mol. The number of carbonyl (C=O) groups excluding carboxylic acids is 1. The number of carboxylic acid groups (broad SMARTS) is 1. The molecule has 16 heavy (non-hydrogen) atoms. The lowest BCUT2D eigenvalue weighted by atomic mass is 9.93. The van der Waals surface area contributed by atoms with Crippen LogP contribution in [0.5, 0.6) is 0 Å². The Morgan fingerprint density at radius 2 is 2.25 bits per heavy atom. The molecular formula is C11H19NO4. The van der Waals surface area contributed by atoms with Gasteiger partial charge in [0.05, 0.1) is 0 Å². The number of carbonyl (C=O) groups is 2. The highest BCUT2D eigenvalue weighted by atomic mass is 16.4. The monoisotopic (exact) mass is 229 g/mol. The molecule has 2 atom stereocenters. The first-order valence-corrected chi connectivity index (χ1v) is 5.57. The van der Waals surface area contributed by atoms with Crippen molar-refractivity contribution in [1.82, 2.24) is 4.90 Å². The minimum absolute atomic E-state index is 0.0154. The third-order valence-electron chi connectivity index (χ3n) is 3.09. The Hall–Kier alpha value is -0.940. The smallest absolute Gasteiger partial charge is 0.336 e. The van der Waals surface area contributed by atoms with Gasteiger partial charge in [-0.3, -0.25) is 9.69 Å². The number of piperidine rings is 1. The molecule has 1 rings (SSSR count). The van der Waals surface area contributed by atoms with Crippen LogP contribution in [-0.2, 0) is 9.59 Å². The van der Waals surface area contributed by atoms with E-state index in [2.05, 4.69) is 0 Å². The highest BCUT2D eigenvalue weighted by Gasteiger charge is 2.35. The molecule has 0 bridgehead atoms. The average Bonchev–Trinajstić information content (AvgIpc) is 2.20. The molecular weight excluding hydrogens is 210 g/mol. The standard InChI is InChI=1S/C11H19NO4/c1-3-8-6-12(5-4-9(8)13)7-11(2,16)10(14)15/h8,16H,3-7H2,1-2H3,(H,14,15). The van der Waals surface area contributed by atoms with E-state index in [-0.39, 0.29) is 18.2 Å². The van der Waals surface area contributed by atoms with Crippen molar-refractivity contribution in [2.45, 2.75) is 32.3 Å². The van der Waals surface area contributed by atoms with Crippen LogP contribution in [-0.4, -0.2) is 52.1 Å². The van der Waals surface area contributed by atoms with Crippen molar-refractivity contribution in [2.24, 2.45) is 5.92 Å². The van der Waals surface area contributed by atoms with Gasteiger partial charge in [-0.25, -0.2) is 4.79 Å². The molecule has 2 unspecified atom stereocenters. The Bertz CT molecular complexity index is 288. The van der Waals surface area contributed by atoms with E-state index in [0.717, 1.165) is 6.42 Å². The van der Waals surface area contributed by atoms with E-state index in [0.29, 0.717) is 19.5 Å². The summed E-state index contributed by atoms with van der Waals surface area (Å²) in [6, 6.07) is 0. The molecule has 0 saturated carbocycles. The third kappa shape index (κ3) is 3.02. The van der Waals surface area contributed by atoms with Crippen molar-refractivity contribution in [3.8, 4) is 0 Å². The van der Waals surface area contributed by atoms with Gasteiger partial charge in [0.15, 0.2) is 5.60 Å². The number of Topliss-reactive ketones (excluding diaryl/α,β-unsaturated/α-hetero) is 1. The molecule has 0 radical (unpaired) electrons. The number of hydrogen-bond donors (Lipinski definition) is 2. The summed E-state index contributed by atoms with van der Waals surface area (Å²) in [7, 11) is 0. The Morgan fingerprint density at radius 3 is 2.75 bits per heavy atom. The van der Waals surface area contributed by atoms with Crippen LogP contribution in [0.4, 0.5) is 0 Å². The molecule has 2 N–H and O–H groups in total. The number of hydrogen-bond acceptors (Lipinski definition) is 4. The zero-order valence-corrected chi connectivity index (χ0v) is 9.77. The number of nitrogens with zero attached hydrogens (tertiary/aromatic N) is 1. The molecule has 0 spiro atoms. The second-order valence-corrected chi connectivity index (χ2v) is 4.64. The summed E-state index contributed by atoms with van der Waals surface area (Å²) in [5.74, 6) is -0.996. The molecule has 0 aliphatic carbocycles. The molecule has 1 heterocycles. The largest absolute Gasteiger partial charge is 0.479 e. The summed E-state index contributed by atoms with van der Waals surface area (Å²) >= 11 is 0. The molecule has 92 valence electrons. The van der Waals surface area contributed by atoms with Crippen LogP contribution in [0.2, 0.25) is 0 Å². The van der Waals surface area contributed by atoms with Gasteiger partial charge in [0.25, 0.3) is 0 Å². The molecule has 1 aliphatic rings. The molecule has 0 amide bonds. The van der Waals surface area contributed by atoms with E-state index < -0.39 is 11.6 Å². The molecule has 0 aromatic heterocycles. The lowest BCUT2D eigenvalue weighted by Crippen LogP contribution is -2.51. The topological polar surface area (TPSA) is 77.8 Å². The quantitative estimate of drug-likeness (QED) is 0.716. The highest BCUT2D eigenvalue weighted by Crippen LogP contribution is 2.18. The van der Waals surface area contributed by atoms with Gasteiger partial charge < -0.3 is 10.2 Å². The van der Waals surface area contributed by atoms with Crippen molar-refractivity contribution in [3.63, 3.8) is 0 Å². The van der Waals surface area contributed by atoms with Crippen LogP contribution < -0.4 is 0 Å². The normalized spacial score (nSPS) is 26.4. The molecule has 1 fully saturated rings. The number of ketones is 1. The summed E-state index contributed by atoms with van der Waals surface area (Å²) < 4.78 is 0. The Morgan fingerprint density at radius 1 is 1.62 bits per heavy atom. The second-order valence-electron chi connectivity index (χ2n) is 4.64. The van der Waals surface area contributed by atoms with Gasteiger partial charge in [0, 0.05) is 32.0 Å².